The Bertz CT molecular complexity index is 1020. The number of nitrogens with zero attached hydrogens (tertiary/aromatic N) is 2. The summed E-state index contributed by atoms with van der Waals surface area (Å²) in [5.41, 5.74) is 5.00. The summed E-state index contributed by atoms with van der Waals surface area (Å²) < 4.78 is 16.3. The number of esters is 1. The van der Waals surface area contributed by atoms with Gasteiger partial charge in [0.15, 0.2) is 11.5 Å². The van der Waals surface area contributed by atoms with Crippen molar-refractivity contribution in [2.75, 3.05) is 19.1 Å². The maximum absolute atomic E-state index is 12.5. The van der Waals surface area contributed by atoms with Crippen molar-refractivity contribution >= 4 is 28.7 Å². The molecule has 0 saturated carbocycles. The number of thiazole rings is 1. The lowest BCUT2D eigenvalue weighted by Crippen LogP contribution is -2.10. The molecular weight excluding hydrogens is 390 g/mol. The van der Waals surface area contributed by atoms with Crippen LogP contribution in [0.4, 0.5) is 5.13 Å². The zero-order valence-corrected chi connectivity index (χ0v) is 17.2. The van der Waals surface area contributed by atoms with Crippen LogP contribution in [-0.2, 0) is 0 Å². The summed E-state index contributed by atoms with van der Waals surface area (Å²) >= 11 is 1.48. The predicted octanol–water partition coefficient (Wildman–Crippen LogP) is 4.52. The molecule has 0 bridgehead atoms. The zero-order valence-electron chi connectivity index (χ0n) is 16.3. The molecule has 1 N–H and O–H groups in total. The van der Waals surface area contributed by atoms with Crippen LogP contribution in [0.25, 0.3) is 0 Å². The van der Waals surface area contributed by atoms with Crippen LogP contribution in [0.1, 0.15) is 28.5 Å². The maximum atomic E-state index is 12.5. The van der Waals surface area contributed by atoms with E-state index in [1.165, 1.54) is 11.3 Å². The van der Waals surface area contributed by atoms with Crippen LogP contribution < -0.4 is 19.6 Å². The van der Waals surface area contributed by atoms with Gasteiger partial charge in [-0.05, 0) is 55.8 Å². The van der Waals surface area contributed by atoms with E-state index in [9.17, 15) is 4.79 Å². The van der Waals surface area contributed by atoms with Gasteiger partial charge in [-0.15, -0.1) is 11.3 Å². The monoisotopic (exact) mass is 411 g/mol. The molecule has 0 aliphatic heterocycles. The number of methoxy groups -OCH3 is 1. The molecule has 0 aliphatic carbocycles. The van der Waals surface area contributed by atoms with Gasteiger partial charge in [-0.3, -0.25) is 5.43 Å². The maximum Gasteiger partial charge on any atom is 0.343 e. The van der Waals surface area contributed by atoms with E-state index in [1.807, 2.05) is 19.2 Å². The summed E-state index contributed by atoms with van der Waals surface area (Å²) in [5, 5.41) is 6.84. The number of nitrogens with one attached hydrogen (secondary N) is 1. The number of aryl methyl sites for hydroxylation is 1. The predicted molar refractivity (Wildman–Crippen MR) is 114 cm³/mol. The lowest BCUT2D eigenvalue weighted by molar-refractivity contribution is 0.0728. The first-order valence-corrected chi connectivity index (χ1v) is 9.81. The number of anilines is 1. The van der Waals surface area contributed by atoms with Crippen LogP contribution in [0.3, 0.4) is 0 Å². The van der Waals surface area contributed by atoms with Gasteiger partial charge in [0.05, 0.1) is 31.2 Å². The molecule has 0 amide bonds. The molecule has 7 nitrogen and oxygen atoms in total. The van der Waals surface area contributed by atoms with Gasteiger partial charge in [0.25, 0.3) is 0 Å². The Morgan fingerprint density at radius 1 is 1.24 bits per heavy atom. The van der Waals surface area contributed by atoms with Crippen molar-refractivity contribution in [2.24, 2.45) is 5.10 Å². The second-order valence-corrected chi connectivity index (χ2v) is 6.78. The number of hydrogen-bond acceptors (Lipinski definition) is 8. The Morgan fingerprint density at radius 3 is 2.83 bits per heavy atom. The number of carbonyl (C=O) groups excluding carboxylic acids is 1. The summed E-state index contributed by atoms with van der Waals surface area (Å²) in [6, 6.07) is 12.0. The average Bonchev–Trinajstić information content (AvgIpc) is 3.15. The number of rotatable bonds is 8. The summed E-state index contributed by atoms with van der Waals surface area (Å²) in [7, 11) is 1.54. The standard InChI is InChI=1S/C21H21N3O4S/c1-4-27-19-10-15(12-22-24-21-23-14(2)13-29-21)8-9-18(19)28-20(25)16-6-5-7-17(11-16)26-3/h5-13H,4H2,1-3H3,(H,23,24)/b22-12+. The third-order valence-electron chi connectivity index (χ3n) is 3.77. The highest BCUT2D eigenvalue weighted by Crippen LogP contribution is 2.29. The summed E-state index contributed by atoms with van der Waals surface area (Å²) in [6.07, 6.45) is 1.65. The van der Waals surface area contributed by atoms with E-state index in [-0.39, 0.29) is 0 Å². The van der Waals surface area contributed by atoms with Crippen LogP contribution in [0, 0.1) is 6.92 Å². The van der Waals surface area contributed by atoms with Crippen LogP contribution >= 0.6 is 11.3 Å². The second-order valence-electron chi connectivity index (χ2n) is 5.92. The zero-order chi connectivity index (χ0) is 20.6. The number of carbonyl (C=O) groups is 1. The largest absolute Gasteiger partial charge is 0.497 e. The SMILES string of the molecule is CCOc1cc(/C=N/Nc2nc(C)cs2)ccc1OC(=O)c1cccc(OC)c1. The van der Waals surface area contributed by atoms with Crippen molar-refractivity contribution in [1.29, 1.82) is 0 Å². The quantitative estimate of drug-likeness (QED) is 0.254. The van der Waals surface area contributed by atoms with E-state index in [0.29, 0.717) is 34.6 Å². The third-order valence-corrected chi connectivity index (χ3v) is 4.63. The molecule has 0 fully saturated rings. The molecular formula is C21H21N3O4S. The minimum absolute atomic E-state index is 0.334. The van der Waals surface area contributed by atoms with Gasteiger partial charge in [0.1, 0.15) is 5.75 Å². The Balaban J connectivity index is 1.73. The van der Waals surface area contributed by atoms with Gasteiger partial charge in [-0.2, -0.15) is 5.10 Å². The fourth-order valence-electron chi connectivity index (χ4n) is 2.43. The van der Waals surface area contributed by atoms with Gasteiger partial charge in [-0.25, -0.2) is 9.78 Å². The summed E-state index contributed by atoms with van der Waals surface area (Å²) in [4.78, 5) is 16.8. The number of ether oxygens (including phenoxy) is 3. The molecule has 0 radical (unpaired) electrons. The van der Waals surface area contributed by atoms with Gasteiger partial charge < -0.3 is 14.2 Å². The first-order chi connectivity index (χ1) is 14.1. The van der Waals surface area contributed by atoms with Crippen LogP contribution in [0.15, 0.2) is 52.9 Å². The Labute approximate surface area is 173 Å². The van der Waals surface area contributed by atoms with Crippen molar-refractivity contribution < 1.29 is 19.0 Å². The number of aromatic nitrogens is 1. The summed E-state index contributed by atoms with van der Waals surface area (Å²) in [6.45, 7) is 4.22. The average molecular weight is 411 g/mol. The highest BCUT2D eigenvalue weighted by Gasteiger charge is 2.14. The summed E-state index contributed by atoms with van der Waals surface area (Å²) in [5.74, 6) is 0.879. The lowest BCUT2D eigenvalue weighted by atomic mass is 10.2. The van der Waals surface area contributed by atoms with Crippen LogP contribution in [0.5, 0.6) is 17.2 Å². The van der Waals surface area contributed by atoms with Crippen LogP contribution in [-0.4, -0.2) is 30.9 Å². The molecule has 3 rings (SSSR count). The highest BCUT2D eigenvalue weighted by molar-refractivity contribution is 7.13. The van der Waals surface area contributed by atoms with E-state index < -0.39 is 5.97 Å². The van der Waals surface area contributed by atoms with Crippen molar-refractivity contribution in [3.63, 3.8) is 0 Å². The van der Waals surface area contributed by atoms with Crippen molar-refractivity contribution in [1.82, 2.24) is 4.98 Å². The van der Waals surface area contributed by atoms with Gasteiger partial charge in [-0.1, -0.05) is 6.07 Å². The number of hydrogen-bond donors (Lipinski definition) is 1. The number of benzene rings is 2. The van der Waals surface area contributed by atoms with E-state index in [1.54, 1.807) is 55.8 Å². The second kappa shape index (κ2) is 9.70. The topological polar surface area (TPSA) is 82.0 Å². The molecule has 1 heterocycles. The normalized spacial score (nSPS) is 10.7. The molecule has 2 aromatic carbocycles. The van der Waals surface area contributed by atoms with E-state index >= 15 is 0 Å². The Kier molecular flexibility index (Phi) is 6.80. The van der Waals surface area contributed by atoms with Gasteiger partial charge in [0, 0.05) is 5.38 Å². The van der Waals surface area contributed by atoms with E-state index in [4.69, 9.17) is 14.2 Å². The molecule has 29 heavy (non-hydrogen) atoms. The molecule has 0 atom stereocenters. The molecule has 8 heteroatoms. The Hall–Kier alpha value is -3.39. The fourth-order valence-corrected chi connectivity index (χ4v) is 3.07. The minimum Gasteiger partial charge on any atom is -0.497 e. The van der Waals surface area contributed by atoms with Crippen molar-refractivity contribution in [3.8, 4) is 17.2 Å². The van der Waals surface area contributed by atoms with Crippen molar-refractivity contribution in [2.45, 2.75) is 13.8 Å². The van der Waals surface area contributed by atoms with Gasteiger partial charge >= 0.3 is 5.97 Å². The smallest absolute Gasteiger partial charge is 0.343 e. The Morgan fingerprint density at radius 2 is 2.10 bits per heavy atom. The fraction of sp³-hybridized carbons (Fsp3) is 0.190. The minimum atomic E-state index is -0.493. The molecule has 3 aromatic rings. The molecule has 0 unspecified atom stereocenters. The lowest BCUT2D eigenvalue weighted by Gasteiger charge is -2.11. The van der Waals surface area contributed by atoms with Crippen LogP contribution in [0.2, 0.25) is 0 Å². The van der Waals surface area contributed by atoms with E-state index in [2.05, 4.69) is 15.5 Å². The first-order valence-electron chi connectivity index (χ1n) is 8.93. The molecule has 1 aromatic heterocycles. The molecule has 150 valence electrons. The van der Waals surface area contributed by atoms with Gasteiger partial charge in [0.2, 0.25) is 5.13 Å². The highest BCUT2D eigenvalue weighted by atomic mass is 32.1. The van der Waals surface area contributed by atoms with E-state index in [0.717, 1.165) is 11.3 Å². The molecule has 0 spiro atoms. The van der Waals surface area contributed by atoms with Crippen molar-refractivity contribution in [3.05, 3.63) is 64.7 Å². The third kappa shape index (κ3) is 5.55. The first kappa shape index (κ1) is 20.3. The molecule has 0 aliphatic rings. The molecule has 0 saturated heterocycles. The number of hydrazone groups is 1.